The lowest BCUT2D eigenvalue weighted by atomic mass is 10.1. The Bertz CT molecular complexity index is 771. The highest BCUT2D eigenvalue weighted by molar-refractivity contribution is 6.06. The first-order valence-electron chi connectivity index (χ1n) is 7.66. The highest BCUT2D eigenvalue weighted by atomic mass is 19.4. The molecular weight excluding hydrogens is 345 g/mol. The van der Waals surface area contributed by atoms with Gasteiger partial charge in [0, 0.05) is 23.5 Å². The van der Waals surface area contributed by atoms with Gasteiger partial charge < -0.3 is 11.1 Å². The average molecular weight is 364 g/mol. The molecule has 0 unspecified atom stereocenters. The number of para-hydroxylation sites is 1. The minimum absolute atomic E-state index is 0.260. The minimum atomic E-state index is -4.38. The van der Waals surface area contributed by atoms with Crippen LogP contribution in [0.3, 0.4) is 0 Å². The van der Waals surface area contributed by atoms with Gasteiger partial charge >= 0.3 is 6.18 Å². The van der Waals surface area contributed by atoms with Gasteiger partial charge in [0.15, 0.2) is 5.84 Å². The Kier molecular flexibility index (Phi) is 6.31. The van der Waals surface area contributed by atoms with Gasteiger partial charge in [0.05, 0.1) is 12.1 Å². The van der Waals surface area contributed by atoms with Gasteiger partial charge in [-0.05, 0) is 43.1 Å². The van der Waals surface area contributed by atoms with Gasteiger partial charge in [-0.2, -0.15) is 13.2 Å². The number of hydrazone groups is 1. The summed E-state index contributed by atoms with van der Waals surface area (Å²) in [5.41, 5.74) is 6.39. The number of halogens is 3. The van der Waals surface area contributed by atoms with Gasteiger partial charge in [0.25, 0.3) is 0 Å². The summed E-state index contributed by atoms with van der Waals surface area (Å²) in [5, 5.41) is 8.34. The number of alkyl halides is 3. The van der Waals surface area contributed by atoms with Crippen molar-refractivity contribution in [2.45, 2.75) is 6.18 Å². The molecule has 0 aromatic heterocycles. The van der Waals surface area contributed by atoms with Crippen LogP contribution in [0, 0.1) is 0 Å². The average Bonchev–Trinajstić information content (AvgIpc) is 2.60. The zero-order valence-electron chi connectivity index (χ0n) is 13.9. The first-order chi connectivity index (χ1) is 12.3. The van der Waals surface area contributed by atoms with E-state index in [1.807, 2.05) is 0 Å². The Morgan fingerprint density at radius 3 is 2.35 bits per heavy atom. The van der Waals surface area contributed by atoms with E-state index in [9.17, 15) is 13.2 Å². The molecule has 26 heavy (non-hydrogen) atoms. The zero-order valence-corrected chi connectivity index (χ0v) is 13.9. The molecule has 0 heterocycles. The second-order valence-electron chi connectivity index (χ2n) is 5.28. The fourth-order valence-electron chi connectivity index (χ4n) is 2.16. The number of nitrogens with zero attached hydrogens (tertiary/aromatic N) is 3. The molecule has 0 amide bonds. The van der Waals surface area contributed by atoms with Crippen LogP contribution in [-0.2, 0) is 6.18 Å². The molecule has 0 radical (unpaired) electrons. The van der Waals surface area contributed by atoms with Crippen LogP contribution < -0.4 is 16.9 Å². The number of nitrogens with one attached hydrogen (secondary N) is 1. The lowest BCUT2D eigenvalue weighted by Crippen LogP contribution is -2.32. The maximum atomic E-state index is 12.7. The Morgan fingerprint density at radius 2 is 1.77 bits per heavy atom. The number of rotatable bonds is 6. The summed E-state index contributed by atoms with van der Waals surface area (Å²) in [4.78, 5) is 3.88. The molecule has 0 spiro atoms. The van der Waals surface area contributed by atoms with Crippen molar-refractivity contribution in [3.63, 3.8) is 0 Å². The van der Waals surface area contributed by atoms with Crippen molar-refractivity contribution >= 4 is 23.9 Å². The Hall–Kier alpha value is -2.91. The van der Waals surface area contributed by atoms with Crippen LogP contribution in [0.4, 0.5) is 24.5 Å². The molecule has 0 fully saturated rings. The van der Waals surface area contributed by atoms with Crippen LogP contribution in [-0.4, -0.2) is 30.8 Å². The molecule has 0 aliphatic heterocycles. The van der Waals surface area contributed by atoms with Crippen molar-refractivity contribution in [2.24, 2.45) is 21.7 Å². The predicted molar refractivity (Wildman–Crippen MR) is 97.2 cm³/mol. The molecule has 2 rings (SSSR count). The third-order valence-corrected chi connectivity index (χ3v) is 3.39. The van der Waals surface area contributed by atoms with Gasteiger partial charge in [0.1, 0.15) is 0 Å². The lowest BCUT2D eigenvalue weighted by molar-refractivity contribution is -0.137. The van der Waals surface area contributed by atoms with Crippen LogP contribution in [0.5, 0.6) is 0 Å². The van der Waals surface area contributed by atoms with E-state index in [4.69, 9.17) is 11.6 Å². The smallest absolute Gasteiger partial charge is 0.355 e. The molecule has 2 aromatic rings. The van der Waals surface area contributed by atoms with E-state index >= 15 is 0 Å². The maximum absolute atomic E-state index is 12.7. The molecule has 0 aliphatic carbocycles. The number of anilines is 2. The number of hydrogen-bond donors (Lipinski definition) is 3. The van der Waals surface area contributed by atoms with Gasteiger partial charge in [0.2, 0.25) is 0 Å². The maximum Gasteiger partial charge on any atom is 0.416 e. The zero-order chi connectivity index (χ0) is 19.2. The van der Waals surface area contributed by atoms with Crippen molar-refractivity contribution in [3.05, 3.63) is 59.7 Å². The summed E-state index contributed by atoms with van der Waals surface area (Å²) in [7, 11) is 0. The van der Waals surface area contributed by atoms with Crippen molar-refractivity contribution in [2.75, 3.05) is 18.4 Å². The Morgan fingerprint density at radius 1 is 1.12 bits per heavy atom. The molecule has 0 saturated heterocycles. The number of aliphatic imine (C=N–C) groups is 1. The summed E-state index contributed by atoms with van der Waals surface area (Å²) in [6.07, 6.45) is -4.38. The molecule has 5 N–H and O–H groups in total. The standard InChI is InChI=1S/C17H19F3N6/c1-23-16(25-26(22)11-10-21)14-4-2-3-5-15(14)24-13-8-6-12(7-9-13)17(18,19)20/h2-9,24H,1,10-11,21-22H2/b25-16-. The van der Waals surface area contributed by atoms with Gasteiger partial charge in [-0.3, -0.25) is 0 Å². The molecule has 6 nitrogen and oxygen atoms in total. The van der Waals surface area contributed by atoms with Crippen LogP contribution in [0.1, 0.15) is 11.1 Å². The largest absolute Gasteiger partial charge is 0.416 e. The Labute approximate surface area is 149 Å². The topological polar surface area (TPSA) is 92.0 Å². The normalized spacial score (nSPS) is 12.0. The van der Waals surface area contributed by atoms with Crippen molar-refractivity contribution in [1.82, 2.24) is 5.12 Å². The second-order valence-corrected chi connectivity index (χ2v) is 5.28. The lowest BCUT2D eigenvalue weighted by Gasteiger charge is -2.15. The fourth-order valence-corrected chi connectivity index (χ4v) is 2.16. The second kappa shape index (κ2) is 8.45. The van der Waals surface area contributed by atoms with Gasteiger partial charge in [-0.25, -0.2) is 16.0 Å². The quantitative estimate of drug-likeness (QED) is 0.318. The van der Waals surface area contributed by atoms with E-state index < -0.39 is 11.7 Å². The third-order valence-electron chi connectivity index (χ3n) is 3.39. The monoisotopic (exact) mass is 364 g/mol. The summed E-state index contributed by atoms with van der Waals surface area (Å²) < 4.78 is 38.0. The van der Waals surface area contributed by atoms with E-state index in [1.165, 1.54) is 12.1 Å². The number of hydrazine groups is 1. The number of benzene rings is 2. The highest BCUT2D eigenvalue weighted by Crippen LogP contribution is 2.30. The van der Waals surface area contributed by atoms with Crippen LogP contribution >= 0.6 is 0 Å². The minimum Gasteiger partial charge on any atom is -0.355 e. The molecule has 0 saturated carbocycles. The first-order valence-corrected chi connectivity index (χ1v) is 7.66. The van der Waals surface area contributed by atoms with Crippen LogP contribution in [0.25, 0.3) is 0 Å². The summed E-state index contributed by atoms with van der Waals surface area (Å²) in [5.74, 6) is 5.97. The number of amidine groups is 1. The molecule has 0 atom stereocenters. The van der Waals surface area contributed by atoms with E-state index in [-0.39, 0.29) is 5.84 Å². The van der Waals surface area contributed by atoms with E-state index in [2.05, 4.69) is 22.1 Å². The van der Waals surface area contributed by atoms with E-state index in [0.29, 0.717) is 30.0 Å². The Balaban J connectivity index is 2.30. The van der Waals surface area contributed by atoms with Crippen molar-refractivity contribution in [3.8, 4) is 0 Å². The summed E-state index contributed by atoms with van der Waals surface area (Å²) in [6.45, 7) is 4.13. The fraction of sp³-hybridized carbons (Fsp3) is 0.176. The summed E-state index contributed by atoms with van der Waals surface area (Å²) >= 11 is 0. The van der Waals surface area contributed by atoms with Crippen LogP contribution in [0.2, 0.25) is 0 Å². The van der Waals surface area contributed by atoms with Crippen molar-refractivity contribution in [1.29, 1.82) is 0 Å². The summed E-state index contributed by atoms with van der Waals surface area (Å²) in [6, 6.07) is 11.8. The van der Waals surface area contributed by atoms with Gasteiger partial charge in [-0.15, -0.1) is 5.10 Å². The van der Waals surface area contributed by atoms with E-state index in [1.54, 1.807) is 24.3 Å². The predicted octanol–water partition coefficient (Wildman–Crippen LogP) is 2.95. The molecular formula is C17H19F3N6. The van der Waals surface area contributed by atoms with Crippen molar-refractivity contribution < 1.29 is 13.2 Å². The first kappa shape index (κ1) is 19.4. The van der Waals surface area contributed by atoms with Gasteiger partial charge in [-0.1, -0.05) is 12.1 Å². The molecule has 138 valence electrons. The highest BCUT2D eigenvalue weighted by Gasteiger charge is 2.29. The van der Waals surface area contributed by atoms with E-state index in [0.717, 1.165) is 17.3 Å². The number of hydrogen-bond acceptors (Lipinski definition) is 5. The van der Waals surface area contributed by atoms with Crippen LogP contribution in [0.15, 0.2) is 58.6 Å². The molecule has 2 aromatic carbocycles. The molecule has 0 bridgehead atoms. The number of nitrogens with two attached hydrogens (primary N) is 2. The third kappa shape index (κ3) is 5.04. The molecule has 9 heteroatoms. The SMILES string of the molecule is C=N/C(=N\N(N)CCN)c1ccccc1Nc1ccc(C(F)(F)F)cc1. The molecule has 0 aliphatic rings.